The fourth-order valence-electron chi connectivity index (χ4n) is 6.33. The van der Waals surface area contributed by atoms with Gasteiger partial charge in [-0.2, -0.15) is 0 Å². The molecule has 2 aromatic rings. The van der Waals surface area contributed by atoms with Crippen molar-refractivity contribution in [1.29, 1.82) is 0 Å². The molecule has 1 heterocycles. The maximum absolute atomic E-state index is 13.4. The Morgan fingerprint density at radius 2 is 1.92 bits per heavy atom. The molecule has 0 radical (unpaired) electrons. The summed E-state index contributed by atoms with van der Waals surface area (Å²) < 4.78 is 2.41. The highest BCUT2D eigenvalue weighted by Crippen LogP contribution is 2.48. The minimum atomic E-state index is -0.0582. The van der Waals surface area contributed by atoms with Crippen LogP contribution in [0.25, 0.3) is 0 Å². The molecule has 1 aromatic heterocycles. The van der Waals surface area contributed by atoms with Crippen molar-refractivity contribution in [3.05, 3.63) is 70.3 Å². The molecule has 5 heteroatoms. The maximum atomic E-state index is 13.4. The van der Waals surface area contributed by atoms with E-state index in [4.69, 9.17) is 10.2 Å². The molecular formula is C32H41N3O2. The zero-order valence-corrected chi connectivity index (χ0v) is 22.9. The number of carbonyl (C=O) groups excluding carboxylic acids is 2. The Hall–Kier alpha value is -2.82. The second-order valence-corrected chi connectivity index (χ2v) is 12.3. The van der Waals surface area contributed by atoms with Crippen molar-refractivity contribution >= 4 is 11.6 Å². The quantitative estimate of drug-likeness (QED) is 0.337. The molecule has 37 heavy (non-hydrogen) atoms. The molecule has 0 spiro atoms. The summed E-state index contributed by atoms with van der Waals surface area (Å²) in [6, 6.07) is 6.77. The van der Waals surface area contributed by atoms with Gasteiger partial charge in [-0.15, -0.1) is 10.2 Å². The second-order valence-electron chi connectivity index (χ2n) is 12.3. The van der Waals surface area contributed by atoms with Crippen LogP contribution in [-0.2, 0) is 16.0 Å². The van der Waals surface area contributed by atoms with Crippen molar-refractivity contribution in [2.75, 3.05) is 0 Å². The summed E-state index contributed by atoms with van der Waals surface area (Å²) >= 11 is 0. The molecule has 5 rings (SSSR count). The van der Waals surface area contributed by atoms with E-state index >= 15 is 0 Å². The lowest BCUT2D eigenvalue weighted by Crippen LogP contribution is -2.26. The average molecular weight is 500 g/mol. The van der Waals surface area contributed by atoms with E-state index in [1.165, 1.54) is 30.4 Å². The van der Waals surface area contributed by atoms with Gasteiger partial charge in [-0.1, -0.05) is 55.3 Å². The molecule has 0 N–H and O–H groups in total. The van der Waals surface area contributed by atoms with E-state index < -0.39 is 0 Å². The Labute approximate surface area is 221 Å². The van der Waals surface area contributed by atoms with Crippen LogP contribution in [0.3, 0.4) is 0 Å². The lowest BCUT2D eigenvalue weighted by atomic mass is 9.71. The number of hydrogen-bond donors (Lipinski definition) is 0. The van der Waals surface area contributed by atoms with Crippen LogP contribution in [-0.4, -0.2) is 26.3 Å². The predicted octanol–water partition coefficient (Wildman–Crippen LogP) is 6.90. The maximum Gasteiger partial charge on any atom is 0.159 e. The van der Waals surface area contributed by atoms with Gasteiger partial charge in [0.15, 0.2) is 5.78 Å². The largest absolute Gasteiger partial charge is 0.311 e. The molecule has 1 unspecified atom stereocenters. The minimum Gasteiger partial charge on any atom is -0.311 e. The summed E-state index contributed by atoms with van der Waals surface area (Å²) in [6.07, 6.45) is 13.5. The monoisotopic (exact) mass is 499 g/mol. The number of aromatic nitrogens is 3. The van der Waals surface area contributed by atoms with Crippen molar-refractivity contribution in [1.82, 2.24) is 14.8 Å². The van der Waals surface area contributed by atoms with Crippen LogP contribution in [0, 0.1) is 25.7 Å². The Morgan fingerprint density at radius 3 is 2.59 bits per heavy atom. The van der Waals surface area contributed by atoms with E-state index in [0.717, 1.165) is 47.5 Å². The van der Waals surface area contributed by atoms with Crippen LogP contribution in [0.2, 0.25) is 0 Å². The van der Waals surface area contributed by atoms with E-state index in [1.54, 1.807) is 6.08 Å². The minimum absolute atomic E-state index is 0.0582. The van der Waals surface area contributed by atoms with Crippen molar-refractivity contribution in [3.8, 4) is 0 Å². The standard InChI is InChI=1S/C32H41N3O2/c1-20(2)12-24-15-26(16-24)31-33-34-32(35(31)28-10-11-28)27(14-23-6-5-7-29(36)17-23)19-30(37)18-25-9-8-21(3)13-22(25)4/h5-9,13,20,24,26-28H,10-12,14-19H2,1-4H3. The van der Waals surface area contributed by atoms with Crippen LogP contribution in [0.4, 0.5) is 0 Å². The molecule has 3 aliphatic carbocycles. The van der Waals surface area contributed by atoms with Gasteiger partial charge >= 0.3 is 0 Å². The van der Waals surface area contributed by atoms with Gasteiger partial charge in [0.25, 0.3) is 0 Å². The SMILES string of the molecule is Cc1ccc(CC(=O)CC(CC2=CC=CC(=O)C2)c2nnc(C3CC(CC(C)C)C3)n2C2CC2)c(C)c1. The number of nitrogens with zero attached hydrogens (tertiary/aromatic N) is 3. The number of ketones is 2. The molecule has 3 aliphatic rings. The van der Waals surface area contributed by atoms with E-state index in [9.17, 15) is 9.59 Å². The fraction of sp³-hybridized carbons (Fsp3) is 0.562. The number of Topliss-reactive ketones (excluding diaryl/α,β-unsaturated/α-hetero) is 1. The molecular weight excluding hydrogens is 458 g/mol. The molecule has 1 aromatic carbocycles. The van der Waals surface area contributed by atoms with Gasteiger partial charge in [-0.3, -0.25) is 9.59 Å². The third kappa shape index (κ3) is 6.19. The van der Waals surface area contributed by atoms with Gasteiger partial charge in [0, 0.05) is 37.1 Å². The van der Waals surface area contributed by atoms with Crippen LogP contribution in [0.5, 0.6) is 0 Å². The average Bonchev–Trinajstić information content (AvgIpc) is 3.56. The smallest absolute Gasteiger partial charge is 0.159 e. The van der Waals surface area contributed by atoms with E-state index in [-0.39, 0.29) is 17.5 Å². The molecule has 0 amide bonds. The summed E-state index contributed by atoms with van der Waals surface area (Å²) in [6.45, 7) is 8.77. The lowest BCUT2D eigenvalue weighted by molar-refractivity contribution is -0.118. The number of carbonyl (C=O) groups is 2. The number of rotatable bonds is 11. The summed E-state index contributed by atoms with van der Waals surface area (Å²) in [4.78, 5) is 25.6. The molecule has 5 nitrogen and oxygen atoms in total. The first-order valence-electron chi connectivity index (χ1n) is 14.2. The van der Waals surface area contributed by atoms with Crippen LogP contribution < -0.4 is 0 Å². The number of hydrogen-bond acceptors (Lipinski definition) is 4. The molecule has 196 valence electrons. The van der Waals surface area contributed by atoms with Crippen LogP contribution in [0.1, 0.15) is 111 Å². The molecule has 0 aliphatic heterocycles. The Morgan fingerprint density at radius 1 is 1.14 bits per heavy atom. The Kier molecular flexibility index (Phi) is 7.60. The van der Waals surface area contributed by atoms with Crippen molar-refractivity contribution < 1.29 is 9.59 Å². The lowest BCUT2D eigenvalue weighted by Gasteiger charge is -2.36. The first-order chi connectivity index (χ1) is 17.8. The summed E-state index contributed by atoms with van der Waals surface area (Å²) in [5.74, 6) is 4.40. The zero-order valence-electron chi connectivity index (χ0n) is 22.9. The first-order valence-corrected chi connectivity index (χ1v) is 14.2. The highest BCUT2D eigenvalue weighted by molar-refractivity contribution is 5.93. The molecule has 2 fully saturated rings. The van der Waals surface area contributed by atoms with Gasteiger partial charge in [0.1, 0.15) is 17.4 Å². The van der Waals surface area contributed by atoms with Crippen LogP contribution >= 0.6 is 0 Å². The third-order valence-electron chi connectivity index (χ3n) is 8.32. The number of allylic oxidation sites excluding steroid dienone is 4. The van der Waals surface area contributed by atoms with Gasteiger partial charge in [-0.05, 0) is 81.4 Å². The summed E-state index contributed by atoms with van der Waals surface area (Å²) in [5.41, 5.74) is 4.56. The van der Waals surface area contributed by atoms with E-state index in [2.05, 4.69) is 50.5 Å². The first kappa shape index (κ1) is 25.8. The van der Waals surface area contributed by atoms with E-state index in [0.29, 0.717) is 37.6 Å². The van der Waals surface area contributed by atoms with Gasteiger partial charge in [-0.25, -0.2) is 0 Å². The van der Waals surface area contributed by atoms with Crippen molar-refractivity contribution in [2.24, 2.45) is 11.8 Å². The van der Waals surface area contributed by atoms with Gasteiger partial charge in [0.2, 0.25) is 0 Å². The zero-order chi connectivity index (χ0) is 26.1. The van der Waals surface area contributed by atoms with Gasteiger partial charge in [0.05, 0.1) is 0 Å². The Bertz CT molecular complexity index is 1220. The molecule has 1 atom stereocenters. The normalized spacial score (nSPS) is 22.2. The predicted molar refractivity (Wildman–Crippen MR) is 147 cm³/mol. The van der Waals surface area contributed by atoms with Crippen LogP contribution in [0.15, 0.2) is 42.0 Å². The Balaban J connectivity index is 1.39. The number of aryl methyl sites for hydroxylation is 2. The highest BCUT2D eigenvalue weighted by Gasteiger charge is 2.39. The topological polar surface area (TPSA) is 64.8 Å². The molecule has 0 bridgehead atoms. The summed E-state index contributed by atoms with van der Waals surface area (Å²) in [5, 5.41) is 9.53. The second kappa shape index (κ2) is 10.9. The molecule has 2 saturated carbocycles. The van der Waals surface area contributed by atoms with Crippen molar-refractivity contribution in [2.45, 2.75) is 103 Å². The third-order valence-corrected chi connectivity index (χ3v) is 8.32. The van der Waals surface area contributed by atoms with E-state index in [1.807, 2.05) is 12.2 Å². The summed E-state index contributed by atoms with van der Waals surface area (Å²) in [7, 11) is 0. The fourth-order valence-corrected chi connectivity index (χ4v) is 6.33. The van der Waals surface area contributed by atoms with Crippen molar-refractivity contribution in [3.63, 3.8) is 0 Å². The molecule has 0 saturated heterocycles. The van der Waals surface area contributed by atoms with Gasteiger partial charge < -0.3 is 4.57 Å². The number of benzene rings is 1. The highest BCUT2D eigenvalue weighted by atomic mass is 16.1.